The normalized spacial score (nSPS) is 22.8. The van der Waals surface area contributed by atoms with E-state index in [1.807, 2.05) is 31.2 Å². The molecule has 5 rings (SSSR count). The maximum atomic E-state index is 13.3. The number of ether oxygens (including phenoxy) is 1. The number of nitrogens with zero attached hydrogens (tertiary/aromatic N) is 1. The number of hydrogen-bond acceptors (Lipinski definition) is 4. The van der Waals surface area contributed by atoms with Crippen LogP contribution in [0.2, 0.25) is 0 Å². The molecule has 0 radical (unpaired) electrons. The van der Waals surface area contributed by atoms with Crippen molar-refractivity contribution in [1.29, 1.82) is 0 Å². The molecule has 2 unspecified atom stereocenters. The average Bonchev–Trinajstić information content (AvgIpc) is 3.52. The fraction of sp³-hybridized carbons (Fsp3) is 0.423. The van der Waals surface area contributed by atoms with Crippen molar-refractivity contribution < 1.29 is 24.2 Å². The number of benzene rings is 2. The van der Waals surface area contributed by atoms with E-state index in [0.29, 0.717) is 25.8 Å². The van der Waals surface area contributed by atoms with Crippen molar-refractivity contribution >= 4 is 18.0 Å². The molecule has 7 nitrogen and oxygen atoms in total. The molecular weight excluding hydrogens is 420 g/mol. The van der Waals surface area contributed by atoms with Crippen LogP contribution >= 0.6 is 0 Å². The predicted octanol–water partition coefficient (Wildman–Crippen LogP) is 3.77. The van der Waals surface area contributed by atoms with Gasteiger partial charge < -0.3 is 20.1 Å². The number of alkyl carbamates (subject to hydrolysis) is 1. The number of carboxylic acid groups (broad SMARTS) is 1. The Morgan fingerprint density at radius 2 is 1.64 bits per heavy atom. The molecule has 33 heavy (non-hydrogen) atoms. The molecule has 1 saturated heterocycles. The lowest BCUT2D eigenvalue weighted by Gasteiger charge is -2.38. The highest BCUT2D eigenvalue weighted by atomic mass is 16.5. The summed E-state index contributed by atoms with van der Waals surface area (Å²) >= 11 is 0. The molecule has 1 heterocycles. The largest absolute Gasteiger partial charge is 0.480 e. The topological polar surface area (TPSA) is 95.9 Å². The third kappa shape index (κ3) is 3.86. The zero-order chi connectivity index (χ0) is 23.2. The van der Waals surface area contributed by atoms with Gasteiger partial charge in [-0.05, 0) is 53.9 Å². The monoisotopic (exact) mass is 448 g/mol. The Hall–Kier alpha value is -3.35. The molecular formula is C26H28N2O5. The zero-order valence-corrected chi connectivity index (χ0v) is 18.6. The van der Waals surface area contributed by atoms with Gasteiger partial charge in [0.2, 0.25) is 5.91 Å². The highest BCUT2D eigenvalue weighted by Crippen LogP contribution is 2.45. The van der Waals surface area contributed by atoms with E-state index >= 15 is 0 Å². The molecule has 0 spiro atoms. The summed E-state index contributed by atoms with van der Waals surface area (Å²) in [6.07, 6.45) is 1.55. The van der Waals surface area contributed by atoms with E-state index in [2.05, 4.69) is 29.6 Å². The van der Waals surface area contributed by atoms with Gasteiger partial charge in [0.1, 0.15) is 18.2 Å². The van der Waals surface area contributed by atoms with Crippen molar-refractivity contribution in [2.45, 2.75) is 50.1 Å². The minimum absolute atomic E-state index is 0.0617. The van der Waals surface area contributed by atoms with Gasteiger partial charge in [-0.15, -0.1) is 0 Å². The second-order valence-electron chi connectivity index (χ2n) is 9.53. The molecule has 1 aliphatic heterocycles. The molecule has 1 saturated carbocycles. The summed E-state index contributed by atoms with van der Waals surface area (Å²) in [7, 11) is 0. The first-order valence-electron chi connectivity index (χ1n) is 11.6. The number of hydrogen-bond donors (Lipinski definition) is 2. The quantitative estimate of drug-likeness (QED) is 0.726. The first-order valence-corrected chi connectivity index (χ1v) is 11.6. The van der Waals surface area contributed by atoms with Gasteiger partial charge in [-0.2, -0.15) is 0 Å². The van der Waals surface area contributed by atoms with E-state index in [1.54, 1.807) is 0 Å². The number of fused-ring (bicyclic) bond motifs is 3. The van der Waals surface area contributed by atoms with Crippen LogP contribution in [0.15, 0.2) is 48.5 Å². The van der Waals surface area contributed by atoms with E-state index in [0.717, 1.165) is 28.7 Å². The maximum absolute atomic E-state index is 13.3. The number of nitrogens with one attached hydrogen (secondary N) is 1. The standard InChI is InChI=1S/C26H28N2O5/c1-16-10-11-22(23(29)30)28(14-16)24(31)26(12-13-26)27-25(32)33-15-21-19-8-4-2-6-17(19)18-7-3-5-9-20(18)21/h2-9,16,21-22H,10-15H2,1H3,(H,27,32)(H,29,30). The maximum Gasteiger partial charge on any atom is 0.408 e. The van der Waals surface area contributed by atoms with Crippen LogP contribution in [0, 0.1) is 5.92 Å². The van der Waals surface area contributed by atoms with Crippen molar-refractivity contribution in [2.24, 2.45) is 5.92 Å². The third-order valence-corrected chi connectivity index (χ3v) is 7.21. The Balaban J connectivity index is 1.26. The molecule has 2 atom stereocenters. The van der Waals surface area contributed by atoms with Crippen LogP contribution in [0.1, 0.15) is 49.7 Å². The summed E-state index contributed by atoms with van der Waals surface area (Å²) in [5.41, 5.74) is 3.49. The third-order valence-electron chi connectivity index (χ3n) is 7.21. The van der Waals surface area contributed by atoms with Gasteiger partial charge in [-0.1, -0.05) is 55.5 Å². The van der Waals surface area contributed by atoms with Crippen LogP contribution in [0.4, 0.5) is 4.79 Å². The minimum atomic E-state index is -1.05. The highest BCUT2D eigenvalue weighted by molar-refractivity contribution is 5.95. The number of amides is 2. The van der Waals surface area contributed by atoms with Crippen LogP contribution in [-0.4, -0.2) is 52.7 Å². The second-order valence-corrected chi connectivity index (χ2v) is 9.53. The number of carboxylic acids is 1. The van der Waals surface area contributed by atoms with Crippen LogP contribution in [-0.2, 0) is 14.3 Å². The first-order chi connectivity index (χ1) is 15.9. The minimum Gasteiger partial charge on any atom is -0.480 e. The second kappa shape index (κ2) is 8.21. The van der Waals surface area contributed by atoms with Crippen LogP contribution < -0.4 is 5.32 Å². The van der Waals surface area contributed by atoms with Crippen molar-refractivity contribution in [2.75, 3.05) is 13.2 Å². The predicted molar refractivity (Wildman–Crippen MR) is 122 cm³/mol. The molecule has 0 bridgehead atoms. The number of likely N-dealkylation sites (tertiary alicyclic amines) is 1. The molecule has 2 aliphatic carbocycles. The zero-order valence-electron chi connectivity index (χ0n) is 18.6. The summed E-state index contributed by atoms with van der Waals surface area (Å²) < 4.78 is 5.61. The molecule has 172 valence electrons. The van der Waals surface area contributed by atoms with Gasteiger partial charge in [0.05, 0.1) is 0 Å². The van der Waals surface area contributed by atoms with E-state index in [-0.39, 0.29) is 24.3 Å². The SMILES string of the molecule is CC1CCC(C(=O)O)N(C(=O)C2(NC(=O)OCC3c4ccccc4-c4ccccc43)CC2)C1. The molecule has 3 aliphatic rings. The molecule has 2 fully saturated rings. The fourth-order valence-electron chi connectivity index (χ4n) is 5.26. The Kier molecular flexibility index (Phi) is 5.35. The molecule has 2 amide bonds. The lowest BCUT2D eigenvalue weighted by Crippen LogP contribution is -2.58. The Morgan fingerprint density at radius 3 is 2.21 bits per heavy atom. The van der Waals surface area contributed by atoms with E-state index in [1.165, 1.54) is 4.90 Å². The smallest absolute Gasteiger partial charge is 0.408 e. The molecule has 2 N–H and O–H groups in total. The van der Waals surface area contributed by atoms with Gasteiger partial charge in [-0.25, -0.2) is 9.59 Å². The molecule has 7 heteroatoms. The van der Waals surface area contributed by atoms with Crippen LogP contribution in [0.3, 0.4) is 0 Å². The van der Waals surface area contributed by atoms with Gasteiger partial charge in [0.25, 0.3) is 0 Å². The average molecular weight is 449 g/mol. The Labute approximate surface area is 192 Å². The summed E-state index contributed by atoms with van der Waals surface area (Å²) in [4.78, 5) is 39.1. The van der Waals surface area contributed by atoms with Crippen molar-refractivity contribution in [3.8, 4) is 11.1 Å². The van der Waals surface area contributed by atoms with Gasteiger partial charge in [-0.3, -0.25) is 4.79 Å². The highest BCUT2D eigenvalue weighted by Gasteiger charge is 2.55. The lowest BCUT2D eigenvalue weighted by molar-refractivity contribution is -0.154. The first kappa shape index (κ1) is 21.5. The summed E-state index contributed by atoms with van der Waals surface area (Å²) in [5, 5.41) is 12.3. The number of carbonyl (C=O) groups is 3. The number of piperidine rings is 1. The van der Waals surface area contributed by atoms with Crippen molar-refractivity contribution in [1.82, 2.24) is 10.2 Å². The Bertz CT molecular complexity index is 1060. The van der Waals surface area contributed by atoms with Gasteiger partial charge in [0, 0.05) is 12.5 Å². The summed E-state index contributed by atoms with van der Waals surface area (Å²) in [6.45, 7) is 2.57. The molecule has 0 aromatic heterocycles. The number of carbonyl (C=O) groups excluding carboxylic acids is 2. The van der Waals surface area contributed by atoms with Gasteiger partial charge >= 0.3 is 12.1 Å². The van der Waals surface area contributed by atoms with E-state index in [4.69, 9.17) is 4.74 Å². The van der Waals surface area contributed by atoms with Crippen molar-refractivity contribution in [3.05, 3.63) is 59.7 Å². The molecule has 2 aromatic rings. The molecule has 2 aromatic carbocycles. The lowest BCUT2D eigenvalue weighted by atomic mass is 9.93. The van der Waals surface area contributed by atoms with Crippen LogP contribution in [0.25, 0.3) is 11.1 Å². The summed E-state index contributed by atoms with van der Waals surface area (Å²) in [5.74, 6) is -1.13. The number of aliphatic carboxylic acids is 1. The fourth-order valence-corrected chi connectivity index (χ4v) is 5.26. The summed E-state index contributed by atoms with van der Waals surface area (Å²) in [6, 6.07) is 15.4. The van der Waals surface area contributed by atoms with E-state index in [9.17, 15) is 19.5 Å². The van der Waals surface area contributed by atoms with Gasteiger partial charge in [0.15, 0.2) is 0 Å². The van der Waals surface area contributed by atoms with Crippen molar-refractivity contribution in [3.63, 3.8) is 0 Å². The Morgan fingerprint density at radius 1 is 1.03 bits per heavy atom. The number of rotatable bonds is 5. The van der Waals surface area contributed by atoms with E-state index < -0.39 is 23.6 Å². The van der Waals surface area contributed by atoms with Crippen LogP contribution in [0.5, 0.6) is 0 Å².